The molecule has 4 rings (SSSR count). The van der Waals surface area contributed by atoms with Gasteiger partial charge in [0.25, 0.3) is 15.6 Å². The Labute approximate surface area is 176 Å². The van der Waals surface area contributed by atoms with Crippen LogP contribution in [0.3, 0.4) is 0 Å². The molecule has 0 aliphatic heterocycles. The van der Waals surface area contributed by atoms with Gasteiger partial charge in [-0.2, -0.15) is 0 Å². The highest BCUT2D eigenvalue weighted by atomic mass is 35.5. The zero-order chi connectivity index (χ0) is 21.5. The van der Waals surface area contributed by atoms with Crippen LogP contribution in [0.25, 0.3) is 16.6 Å². The van der Waals surface area contributed by atoms with Gasteiger partial charge in [0.05, 0.1) is 27.3 Å². The molecule has 9 heteroatoms. The molecule has 0 amide bonds. The molecule has 1 heterocycles. The normalized spacial score (nSPS) is 11.6. The van der Waals surface area contributed by atoms with Crippen LogP contribution in [-0.2, 0) is 10.0 Å². The lowest BCUT2D eigenvalue weighted by molar-refractivity contribution is 0.570. The van der Waals surface area contributed by atoms with E-state index in [1.54, 1.807) is 37.3 Å². The lowest BCUT2D eigenvalue weighted by atomic mass is 10.2. The van der Waals surface area contributed by atoms with Crippen molar-refractivity contribution in [2.24, 2.45) is 0 Å². The number of nitrogens with zero attached hydrogens (tertiary/aromatic N) is 2. The van der Waals surface area contributed by atoms with Crippen LogP contribution in [0.5, 0.6) is 0 Å². The maximum Gasteiger partial charge on any atom is 0.265 e. The molecule has 0 aliphatic carbocycles. The quantitative estimate of drug-likeness (QED) is 0.510. The SMILES string of the molecule is Cc1nc2ccccc2c(=O)n1-c1ccc(Cl)c(NS(=O)(=O)c2ccccc2F)c1. The number of aryl methyl sites for hydroxylation is 1. The van der Waals surface area contributed by atoms with Crippen molar-refractivity contribution in [3.05, 3.63) is 93.7 Å². The molecule has 0 saturated heterocycles. The van der Waals surface area contributed by atoms with Crippen molar-refractivity contribution in [1.29, 1.82) is 0 Å². The summed E-state index contributed by atoms with van der Waals surface area (Å²) in [5.74, 6) is -0.466. The summed E-state index contributed by atoms with van der Waals surface area (Å²) in [4.78, 5) is 16.9. The van der Waals surface area contributed by atoms with Crippen molar-refractivity contribution < 1.29 is 12.8 Å². The summed E-state index contributed by atoms with van der Waals surface area (Å²) >= 11 is 6.17. The van der Waals surface area contributed by atoms with E-state index in [4.69, 9.17) is 11.6 Å². The van der Waals surface area contributed by atoms with Crippen LogP contribution in [-0.4, -0.2) is 18.0 Å². The molecule has 30 heavy (non-hydrogen) atoms. The van der Waals surface area contributed by atoms with Crippen LogP contribution >= 0.6 is 11.6 Å². The Morgan fingerprint density at radius 2 is 1.73 bits per heavy atom. The maximum atomic E-state index is 14.0. The zero-order valence-corrected chi connectivity index (χ0v) is 17.2. The minimum atomic E-state index is -4.23. The summed E-state index contributed by atoms with van der Waals surface area (Å²) in [6, 6.07) is 16.4. The molecule has 0 spiro atoms. The van der Waals surface area contributed by atoms with Gasteiger partial charge < -0.3 is 0 Å². The van der Waals surface area contributed by atoms with Gasteiger partial charge in [0, 0.05) is 0 Å². The van der Waals surface area contributed by atoms with Crippen molar-refractivity contribution in [2.45, 2.75) is 11.8 Å². The molecular weight excluding hydrogens is 429 g/mol. The van der Waals surface area contributed by atoms with Gasteiger partial charge in [-0.25, -0.2) is 17.8 Å². The summed E-state index contributed by atoms with van der Waals surface area (Å²) in [5.41, 5.74) is 0.636. The molecule has 0 atom stereocenters. The highest BCUT2D eigenvalue weighted by Gasteiger charge is 2.20. The largest absolute Gasteiger partial charge is 0.278 e. The van der Waals surface area contributed by atoms with E-state index < -0.39 is 20.7 Å². The molecule has 0 saturated carbocycles. The van der Waals surface area contributed by atoms with Crippen LogP contribution in [0.4, 0.5) is 10.1 Å². The highest BCUT2D eigenvalue weighted by Crippen LogP contribution is 2.28. The molecule has 1 aromatic heterocycles. The fourth-order valence-corrected chi connectivity index (χ4v) is 4.51. The van der Waals surface area contributed by atoms with E-state index in [0.717, 1.165) is 12.1 Å². The summed E-state index contributed by atoms with van der Waals surface area (Å²) in [6.45, 7) is 1.67. The van der Waals surface area contributed by atoms with Crippen molar-refractivity contribution in [1.82, 2.24) is 9.55 Å². The lowest BCUT2D eigenvalue weighted by Crippen LogP contribution is -2.22. The fourth-order valence-electron chi connectivity index (χ4n) is 3.14. The first-order valence-corrected chi connectivity index (χ1v) is 10.7. The van der Waals surface area contributed by atoms with E-state index in [0.29, 0.717) is 22.4 Å². The number of hydrogen-bond donors (Lipinski definition) is 1. The van der Waals surface area contributed by atoms with Crippen LogP contribution < -0.4 is 10.3 Å². The number of nitrogens with one attached hydrogen (secondary N) is 1. The Morgan fingerprint density at radius 1 is 1.03 bits per heavy atom. The third kappa shape index (κ3) is 3.55. The average Bonchev–Trinajstić information content (AvgIpc) is 2.70. The smallest absolute Gasteiger partial charge is 0.265 e. The Bertz CT molecular complexity index is 1450. The predicted molar refractivity (Wildman–Crippen MR) is 114 cm³/mol. The molecule has 152 valence electrons. The van der Waals surface area contributed by atoms with E-state index >= 15 is 0 Å². The number of fused-ring (bicyclic) bond motifs is 1. The molecule has 0 bridgehead atoms. The average molecular weight is 444 g/mol. The zero-order valence-electron chi connectivity index (χ0n) is 15.6. The minimum Gasteiger partial charge on any atom is -0.278 e. The van der Waals surface area contributed by atoms with E-state index in [1.807, 2.05) is 0 Å². The number of anilines is 1. The fraction of sp³-hybridized carbons (Fsp3) is 0.0476. The highest BCUT2D eigenvalue weighted by molar-refractivity contribution is 7.92. The Hall–Kier alpha value is -3.23. The molecule has 0 fully saturated rings. The Kier molecular flexibility index (Phi) is 5.05. The number of hydrogen-bond acceptors (Lipinski definition) is 4. The molecule has 0 unspecified atom stereocenters. The Balaban J connectivity index is 1.83. The van der Waals surface area contributed by atoms with Gasteiger partial charge in [-0.15, -0.1) is 0 Å². The van der Waals surface area contributed by atoms with Crippen LogP contribution in [0.1, 0.15) is 5.82 Å². The first kappa shape index (κ1) is 20.1. The van der Waals surface area contributed by atoms with Crippen molar-refractivity contribution in [3.8, 4) is 5.69 Å². The number of para-hydroxylation sites is 1. The summed E-state index contributed by atoms with van der Waals surface area (Å²) < 4.78 is 42.9. The van der Waals surface area contributed by atoms with Crippen LogP contribution in [0, 0.1) is 12.7 Å². The first-order valence-electron chi connectivity index (χ1n) is 8.83. The van der Waals surface area contributed by atoms with Crippen molar-refractivity contribution in [3.63, 3.8) is 0 Å². The second-order valence-electron chi connectivity index (χ2n) is 6.52. The van der Waals surface area contributed by atoms with Gasteiger partial charge >= 0.3 is 0 Å². The molecular formula is C21H15ClFN3O3S. The van der Waals surface area contributed by atoms with E-state index in [1.165, 1.54) is 28.8 Å². The van der Waals surface area contributed by atoms with Crippen molar-refractivity contribution >= 4 is 38.2 Å². The predicted octanol–water partition coefficient (Wildman–Crippen LogP) is 4.29. The molecule has 3 aromatic carbocycles. The molecule has 1 N–H and O–H groups in total. The molecule has 0 radical (unpaired) electrons. The summed E-state index contributed by atoms with van der Waals surface area (Å²) in [6.07, 6.45) is 0. The molecule has 0 aliphatic rings. The molecule has 4 aromatic rings. The first-order chi connectivity index (χ1) is 14.3. The van der Waals surface area contributed by atoms with Gasteiger partial charge in [0.2, 0.25) is 0 Å². The van der Waals surface area contributed by atoms with Gasteiger partial charge in [0.1, 0.15) is 16.5 Å². The summed E-state index contributed by atoms with van der Waals surface area (Å²) in [7, 11) is -4.23. The minimum absolute atomic E-state index is 0.0110. The number of aromatic nitrogens is 2. The third-order valence-electron chi connectivity index (χ3n) is 4.52. The van der Waals surface area contributed by atoms with E-state index in [-0.39, 0.29) is 16.3 Å². The number of benzene rings is 3. The summed E-state index contributed by atoms with van der Waals surface area (Å²) in [5, 5.41) is 0.518. The van der Waals surface area contributed by atoms with Gasteiger partial charge in [-0.3, -0.25) is 14.1 Å². The van der Waals surface area contributed by atoms with Crippen molar-refractivity contribution in [2.75, 3.05) is 4.72 Å². The monoisotopic (exact) mass is 443 g/mol. The number of rotatable bonds is 4. The van der Waals surface area contributed by atoms with E-state index in [2.05, 4.69) is 9.71 Å². The molecule has 6 nitrogen and oxygen atoms in total. The van der Waals surface area contributed by atoms with Gasteiger partial charge in [0.15, 0.2) is 0 Å². The number of sulfonamides is 1. The van der Waals surface area contributed by atoms with Crippen LogP contribution in [0.2, 0.25) is 5.02 Å². The van der Waals surface area contributed by atoms with Gasteiger partial charge in [-0.05, 0) is 49.4 Å². The van der Waals surface area contributed by atoms with Crippen LogP contribution in [0.15, 0.2) is 76.4 Å². The lowest BCUT2D eigenvalue weighted by Gasteiger charge is -2.14. The topological polar surface area (TPSA) is 81.1 Å². The second kappa shape index (κ2) is 7.55. The second-order valence-corrected chi connectivity index (χ2v) is 8.57. The number of halogens is 2. The standard InChI is InChI=1S/C21H15ClFN3O3S/c1-13-24-18-8-4-2-6-15(18)21(27)26(13)14-10-11-16(22)19(12-14)25-30(28,29)20-9-5-3-7-17(20)23/h2-12,25H,1H3. The Morgan fingerprint density at radius 3 is 2.50 bits per heavy atom. The van der Waals surface area contributed by atoms with Gasteiger partial charge in [-0.1, -0.05) is 35.9 Å². The maximum absolute atomic E-state index is 14.0. The third-order valence-corrected chi connectivity index (χ3v) is 6.25. The van der Waals surface area contributed by atoms with E-state index in [9.17, 15) is 17.6 Å².